The molecule has 1 aromatic rings. The summed E-state index contributed by atoms with van der Waals surface area (Å²) in [6.45, 7) is 0. The maximum absolute atomic E-state index is 7.61. The standard InChI is InChI=1S/C10H12N2/c1-12-8-7-10(11)9-5-3-2-4-6-9/h2-8,11-12H,1H3/b8-7-,11-10?. The van der Waals surface area contributed by atoms with Crippen LogP contribution in [0, 0.1) is 5.41 Å². The highest BCUT2D eigenvalue weighted by Crippen LogP contribution is 1.99. The lowest BCUT2D eigenvalue weighted by Crippen LogP contribution is -1.98. The molecular weight excluding hydrogens is 148 g/mol. The molecule has 2 N–H and O–H groups in total. The van der Waals surface area contributed by atoms with Gasteiger partial charge in [-0.2, -0.15) is 0 Å². The summed E-state index contributed by atoms with van der Waals surface area (Å²) < 4.78 is 0. The number of nitrogens with one attached hydrogen (secondary N) is 2. The van der Waals surface area contributed by atoms with Crippen molar-refractivity contribution in [1.82, 2.24) is 5.32 Å². The summed E-state index contributed by atoms with van der Waals surface area (Å²) in [7, 11) is 1.81. The lowest BCUT2D eigenvalue weighted by atomic mass is 10.1. The zero-order valence-electron chi connectivity index (χ0n) is 7.04. The number of hydrogen-bond donors (Lipinski definition) is 2. The molecular formula is C10H12N2. The minimum absolute atomic E-state index is 0.518. The zero-order chi connectivity index (χ0) is 8.81. The zero-order valence-corrected chi connectivity index (χ0v) is 7.04. The molecule has 2 heteroatoms. The first kappa shape index (κ1) is 8.53. The molecule has 0 unspecified atom stereocenters. The van der Waals surface area contributed by atoms with Crippen molar-refractivity contribution in [3.8, 4) is 0 Å². The van der Waals surface area contributed by atoms with Crippen LogP contribution in [0.5, 0.6) is 0 Å². The Hall–Kier alpha value is -1.57. The largest absolute Gasteiger partial charge is 0.394 e. The molecule has 12 heavy (non-hydrogen) atoms. The van der Waals surface area contributed by atoms with Crippen LogP contribution in [-0.2, 0) is 0 Å². The van der Waals surface area contributed by atoms with Crippen molar-refractivity contribution < 1.29 is 0 Å². The molecule has 0 saturated heterocycles. The predicted octanol–water partition coefficient (Wildman–Crippen LogP) is 1.79. The van der Waals surface area contributed by atoms with Gasteiger partial charge in [0.2, 0.25) is 0 Å². The molecule has 62 valence electrons. The first-order valence-electron chi connectivity index (χ1n) is 3.82. The van der Waals surface area contributed by atoms with Crippen molar-refractivity contribution in [1.29, 1.82) is 5.41 Å². The molecule has 1 rings (SSSR count). The van der Waals surface area contributed by atoms with Crippen molar-refractivity contribution in [2.24, 2.45) is 0 Å². The lowest BCUT2D eigenvalue weighted by Gasteiger charge is -1.96. The summed E-state index contributed by atoms with van der Waals surface area (Å²) in [6.07, 6.45) is 3.48. The van der Waals surface area contributed by atoms with E-state index in [0.717, 1.165) is 5.56 Å². The van der Waals surface area contributed by atoms with Gasteiger partial charge in [0, 0.05) is 7.05 Å². The molecule has 0 fully saturated rings. The maximum Gasteiger partial charge on any atom is 0.0626 e. The number of allylic oxidation sites excluding steroid dienone is 1. The third-order valence-corrected chi connectivity index (χ3v) is 1.50. The SMILES string of the molecule is CN/C=C\C(=N)c1ccccc1. The van der Waals surface area contributed by atoms with Crippen LogP contribution in [0.15, 0.2) is 42.6 Å². The molecule has 0 atom stereocenters. The van der Waals surface area contributed by atoms with Gasteiger partial charge in [0.15, 0.2) is 0 Å². The van der Waals surface area contributed by atoms with E-state index in [0.29, 0.717) is 5.71 Å². The van der Waals surface area contributed by atoms with Gasteiger partial charge in [-0.15, -0.1) is 0 Å². The van der Waals surface area contributed by atoms with E-state index in [1.165, 1.54) is 0 Å². The Morgan fingerprint density at radius 1 is 1.33 bits per heavy atom. The monoisotopic (exact) mass is 160 g/mol. The molecule has 0 bridgehead atoms. The Morgan fingerprint density at radius 2 is 2.00 bits per heavy atom. The van der Waals surface area contributed by atoms with Gasteiger partial charge >= 0.3 is 0 Å². The second-order valence-electron chi connectivity index (χ2n) is 2.40. The topological polar surface area (TPSA) is 35.9 Å². The van der Waals surface area contributed by atoms with Gasteiger partial charge in [-0.25, -0.2) is 0 Å². The Morgan fingerprint density at radius 3 is 2.58 bits per heavy atom. The first-order valence-corrected chi connectivity index (χ1v) is 3.82. The normalized spacial score (nSPS) is 10.1. The third-order valence-electron chi connectivity index (χ3n) is 1.50. The second-order valence-corrected chi connectivity index (χ2v) is 2.40. The predicted molar refractivity (Wildman–Crippen MR) is 51.5 cm³/mol. The second kappa shape index (κ2) is 4.34. The Kier molecular flexibility index (Phi) is 3.08. The fourth-order valence-electron chi connectivity index (χ4n) is 0.881. The van der Waals surface area contributed by atoms with Crippen LogP contribution in [0.3, 0.4) is 0 Å². The van der Waals surface area contributed by atoms with Crippen molar-refractivity contribution in [2.75, 3.05) is 7.05 Å². The summed E-state index contributed by atoms with van der Waals surface area (Å²) in [5, 5.41) is 10.5. The number of rotatable bonds is 3. The van der Waals surface area contributed by atoms with E-state index >= 15 is 0 Å². The van der Waals surface area contributed by atoms with Crippen molar-refractivity contribution >= 4 is 5.71 Å². The van der Waals surface area contributed by atoms with Gasteiger partial charge in [0.25, 0.3) is 0 Å². The molecule has 0 aliphatic carbocycles. The number of hydrogen-bond acceptors (Lipinski definition) is 2. The molecule has 1 aromatic carbocycles. The lowest BCUT2D eigenvalue weighted by molar-refractivity contribution is 1.10. The van der Waals surface area contributed by atoms with Crippen LogP contribution < -0.4 is 5.32 Å². The summed E-state index contributed by atoms with van der Waals surface area (Å²) in [5.74, 6) is 0. The van der Waals surface area contributed by atoms with Crippen LogP contribution in [0.4, 0.5) is 0 Å². The Balaban J connectivity index is 2.72. The van der Waals surface area contributed by atoms with Gasteiger partial charge in [-0.1, -0.05) is 30.3 Å². The Bertz CT molecular complexity index is 275. The van der Waals surface area contributed by atoms with E-state index < -0.39 is 0 Å². The van der Waals surface area contributed by atoms with E-state index in [1.807, 2.05) is 37.4 Å². The molecule has 0 saturated carbocycles. The van der Waals surface area contributed by atoms with Crippen LogP contribution in [-0.4, -0.2) is 12.8 Å². The Labute approximate surface area is 72.4 Å². The van der Waals surface area contributed by atoms with Gasteiger partial charge in [0.1, 0.15) is 0 Å². The van der Waals surface area contributed by atoms with E-state index in [4.69, 9.17) is 5.41 Å². The minimum Gasteiger partial charge on any atom is -0.394 e. The highest BCUT2D eigenvalue weighted by Gasteiger charge is 1.92. The molecule has 0 aliphatic heterocycles. The molecule has 0 spiro atoms. The smallest absolute Gasteiger partial charge is 0.0626 e. The van der Waals surface area contributed by atoms with E-state index in [2.05, 4.69) is 5.32 Å². The van der Waals surface area contributed by atoms with Crippen molar-refractivity contribution in [3.05, 3.63) is 48.2 Å². The fourth-order valence-corrected chi connectivity index (χ4v) is 0.881. The average molecular weight is 160 g/mol. The van der Waals surface area contributed by atoms with Gasteiger partial charge in [-0.3, -0.25) is 0 Å². The third kappa shape index (κ3) is 2.23. The van der Waals surface area contributed by atoms with Crippen LogP contribution >= 0.6 is 0 Å². The highest BCUT2D eigenvalue weighted by atomic mass is 14.8. The quantitative estimate of drug-likeness (QED) is 0.650. The van der Waals surface area contributed by atoms with Crippen molar-refractivity contribution in [2.45, 2.75) is 0 Å². The first-order chi connectivity index (χ1) is 5.84. The molecule has 2 nitrogen and oxygen atoms in total. The summed E-state index contributed by atoms with van der Waals surface area (Å²) >= 11 is 0. The van der Waals surface area contributed by atoms with Crippen LogP contribution in [0.1, 0.15) is 5.56 Å². The van der Waals surface area contributed by atoms with Crippen LogP contribution in [0.2, 0.25) is 0 Å². The molecule has 0 heterocycles. The van der Waals surface area contributed by atoms with Gasteiger partial charge in [0.05, 0.1) is 5.71 Å². The molecule has 0 amide bonds. The highest BCUT2D eigenvalue weighted by molar-refractivity contribution is 6.06. The summed E-state index contributed by atoms with van der Waals surface area (Å²) in [4.78, 5) is 0. The molecule has 0 aromatic heterocycles. The molecule has 0 radical (unpaired) electrons. The average Bonchev–Trinajstić information content (AvgIpc) is 2.15. The van der Waals surface area contributed by atoms with Crippen LogP contribution in [0.25, 0.3) is 0 Å². The van der Waals surface area contributed by atoms with Gasteiger partial charge in [-0.05, 0) is 17.8 Å². The van der Waals surface area contributed by atoms with E-state index in [-0.39, 0.29) is 0 Å². The number of benzene rings is 1. The fraction of sp³-hybridized carbons (Fsp3) is 0.100. The van der Waals surface area contributed by atoms with E-state index in [9.17, 15) is 0 Å². The maximum atomic E-state index is 7.61. The van der Waals surface area contributed by atoms with Gasteiger partial charge < -0.3 is 10.7 Å². The minimum atomic E-state index is 0.518. The van der Waals surface area contributed by atoms with Crippen molar-refractivity contribution in [3.63, 3.8) is 0 Å². The van der Waals surface area contributed by atoms with E-state index in [1.54, 1.807) is 12.3 Å². The molecule has 0 aliphatic rings. The summed E-state index contributed by atoms with van der Waals surface area (Å²) in [5.41, 5.74) is 1.45. The summed E-state index contributed by atoms with van der Waals surface area (Å²) in [6, 6.07) is 9.64.